The summed E-state index contributed by atoms with van der Waals surface area (Å²) >= 11 is 1.28. The molecule has 0 aliphatic rings. The molecule has 1 heterocycles. The van der Waals surface area contributed by atoms with Gasteiger partial charge in [-0.05, 0) is 13.0 Å². The molecule has 1 aromatic carbocycles. The van der Waals surface area contributed by atoms with E-state index >= 15 is 0 Å². The van der Waals surface area contributed by atoms with E-state index in [1.165, 1.54) is 11.8 Å². The van der Waals surface area contributed by atoms with Crippen LogP contribution in [0.3, 0.4) is 0 Å². The number of fused-ring (bicyclic) bond motifs is 1. The van der Waals surface area contributed by atoms with E-state index in [2.05, 4.69) is 10.2 Å². The van der Waals surface area contributed by atoms with Crippen molar-refractivity contribution in [3.05, 3.63) is 30.5 Å². The van der Waals surface area contributed by atoms with Crippen LogP contribution < -0.4 is 0 Å². The molecule has 1 N–H and O–H groups in total. The first-order chi connectivity index (χ1) is 7.68. The minimum atomic E-state index is -0.828. The lowest BCUT2D eigenvalue weighted by atomic mass is 10.2. The molecule has 0 amide bonds. The number of aromatic nitrogens is 2. The first-order valence-corrected chi connectivity index (χ1v) is 5.66. The van der Waals surface area contributed by atoms with Crippen molar-refractivity contribution in [2.75, 3.05) is 0 Å². The van der Waals surface area contributed by atoms with Gasteiger partial charge in [0, 0.05) is 10.3 Å². The molecule has 5 heteroatoms. The van der Waals surface area contributed by atoms with Gasteiger partial charge in [0.1, 0.15) is 5.25 Å². The van der Waals surface area contributed by atoms with E-state index in [0.717, 1.165) is 15.8 Å². The lowest BCUT2D eigenvalue weighted by molar-refractivity contribution is -0.136. The number of hydrogen-bond acceptors (Lipinski definition) is 4. The third kappa shape index (κ3) is 2.14. The molecule has 2 rings (SSSR count). The van der Waals surface area contributed by atoms with Gasteiger partial charge in [-0.2, -0.15) is 10.2 Å². The van der Waals surface area contributed by atoms with Gasteiger partial charge in [-0.25, -0.2) is 0 Å². The van der Waals surface area contributed by atoms with Gasteiger partial charge in [0.05, 0.1) is 11.7 Å². The van der Waals surface area contributed by atoms with Crippen molar-refractivity contribution in [3.8, 4) is 0 Å². The lowest BCUT2D eigenvalue weighted by Crippen LogP contribution is -2.11. The number of carbonyl (C=O) groups is 1. The van der Waals surface area contributed by atoms with Crippen molar-refractivity contribution in [1.82, 2.24) is 10.2 Å². The van der Waals surface area contributed by atoms with Crippen molar-refractivity contribution >= 4 is 28.6 Å². The Morgan fingerprint density at radius 2 is 2.19 bits per heavy atom. The molecule has 4 nitrogen and oxygen atoms in total. The minimum Gasteiger partial charge on any atom is -0.480 e. The van der Waals surface area contributed by atoms with Crippen LogP contribution in [-0.2, 0) is 4.79 Å². The van der Waals surface area contributed by atoms with Gasteiger partial charge >= 0.3 is 5.97 Å². The van der Waals surface area contributed by atoms with Gasteiger partial charge in [0.15, 0.2) is 0 Å². The molecule has 0 aliphatic carbocycles. The van der Waals surface area contributed by atoms with E-state index in [1.807, 2.05) is 24.3 Å². The van der Waals surface area contributed by atoms with Crippen LogP contribution in [0.1, 0.15) is 6.92 Å². The van der Waals surface area contributed by atoms with Crippen LogP contribution in [-0.4, -0.2) is 26.5 Å². The normalized spacial score (nSPS) is 12.6. The zero-order chi connectivity index (χ0) is 11.5. The standard InChI is InChI=1S/C11H10N2O2S/c1-7(11(14)15)16-10-6-12-13-9-5-3-2-4-8(9)10/h2-7H,1H3,(H,14,15). The first kappa shape index (κ1) is 10.9. The number of benzene rings is 1. The fourth-order valence-electron chi connectivity index (χ4n) is 1.32. The zero-order valence-corrected chi connectivity index (χ0v) is 9.44. The number of aliphatic carboxylic acids is 1. The molecule has 1 aromatic heterocycles. The molecule has 0 saturated heterocycles. The maximum atomic E-state index is 10.8. The SMILES string of the molecule is CC(Sc1cnnc2ccccc12)C(=O)O. The van der Waals surface area contributed by atoms with Crippen LogP contribution in [0.4, 0.5) is 0 Å². The number of thioether (sulfide) groups is 1. The molecule has 0 saturated carbocycles. The molecule has 1 unspecified atom stereocenters. The van der Waals surface area contributed by atoms with Crippen LogP contribution in [0, 0.1) is 0 Å². The average molecular weight is 234 g/mol. The Hall–Kier alpha value is -1.62. The Morgan fingerprint density at radius 1 is 1.44 bits per heavy atom. The van der Waals surface area contributed by atoms with Crippen molar-refractivity contribution in [2.24, 2.45) is 0 Å². The van der Waals surface area contributed by atoms with E-state index in [0.29, 0.717) is 0 Å². The van der Waals surface area contributed by atoms with Crippen LogP contribution in [0.2, 0.25) is 0 Å². The molecule has 82 valence electrons. The van der Waals surface area contributed by atoms with Crippen molar-refractivity contribution < 1.29 is 9.90 Å². The fraction of sp³-hybridized carbons (Fsp3) is 0.182. The molecule has 0 bridgehead atoms. The molecular formula is C11H10N2O2S. The highest BCUT2D eigenvalue weighted by molar-refractivity contribution is 8.00. The maximum Gasteiger partial charge on any atom is 0.316 e. The Balaban J connectivity index is 2.41. The molecular weight excluding hydrogens is 224 g/mol. The van der Waals surface area contributed by atoms with Crippen molar-refractivity contribution in [3.63, 3.8) is 0 Å². The Bertz CT molecular complexity index is 525. The smallest absolute Gasteiger partial charge is 0.316 e. The number of carboxylic acids is 1. The van der Waals surface area contributed by atoms with E-state index in [-0.39, 0.29) is 0 Å². The number of hydrogen-bond donors (Lipinski definition) is 1. The molecule has 0 fully saturated rings. The van der Waals surface area contributed by atoms with E-state index in [4.69, 9.17) is 5.11 Å². The predicted molar refractivity (Wildman–Crippen MR) is 62.5 cm³/mol. The summed E-state index contributed by atoms with van der Waals surface area (Å²) in [6.45, 7) is 1.65. The second kappa shape index (κ2) is 4.49. The van der Waals surface area contributed by atoms with Gasteiger partial charge < -0.3 is 5.11 Å². The molecule has 0 spiro atoms. The summed E-state index contributed by atoms with van der Waals surface area (Å²) in [6.07, 6.45) is 1.60. The average Bonchev–Trinajstić information content (AvgIpc) is 2.29. The van der Waals surface area contributed by atoms with Crippen molar-refractivity contribution in [2.45, 2.75) is 17.1 Å². The summed E-state index contributed by atoms with van der Waals surface area (Å²) in [4.78, 5) is 11.6. The molecule has 1 atom stereocenters. The highest BCUT2D eigenvalue weighted by atomic mass is 32.2. The molecule has 0 aliphatic heterocycles. The second-order valence-electron chi connectivity index (χ2n) is 3.32. The first-order valence-electron chi connectivity index (χ1n) is 4.78. The van der Waals surface area contributed by atoms with Gasteiger partial charge in [0.25, 0.3) is 0 Å². The lowest BCUT2D eigenvalue weighted by Gasteiger charge is -2.07. The topological polar surface area (TPSA) is 63.1 Å². The quantitative estimate of drug-likeness (QED) is 0.825. The third-order valence-corrected chi connectivity index (χ3v) is 3.30. The second-order valence-corrected chi connectivity index (χ2v) is 4.71. The number of carboxylic acid groups (broad SMARTS) is 1. The third-order valence-electron chi connectivity index (χ3n) is 2.16. The number of nitrogens with zero attached hydrogens (tertiary/aromatic N) is 2. The van der Waals surface area contributed by atoms with E-state index < -0.39 is 11.2 Å². The summed E-state index contributed by atoms with van der Waals surface area (Å²) in [5.74, 6) is -0.828. The zero-order valence-electron chi connectivity index (χ0n) is 8.62. The minimum absolute atomic E-state index is 0.493. The highest BCUT2D eigenvalue weighted by Crippen LogP contribution is 2.28. The van der Waals surface area contributed by atoms with Crippen LogP contribution in [0.5, 0.6) is 0 Å². The van der Waals surface area contributed by atoms with Crippen LogP contribution >= 0.6 is 11.8 Å². The maximum absolute atomic E-state index is 10.8. The Labute approximate surface area is 96.7 Å². The molecule has 2 aromatic rings. The summed E-state index contributed by atoms with van der Waals surface area (Å²) in [6, 6.07) is 7.56. The number of rotatable bonds is 3. The van der Waals surface area contributed by atoms with Gasteiger partial charge in [-0.3, -0.25) is 4.79 Å². The molecule has 0 radical (unpaired) electrons. The predicted octanol–water partition coefficient (Wildman–Crippen LogP) is 2.19. The summed E-state index contributed by atoms with van der Waals surface area (Å²) in [5, 5.41) is 17.2. The highest BCUT2D eigenvalue weighted by Gasteiger charge is 2.14. The van der Waals surface area contributed by atoms with Gasteiger partial charge in [-0.15, -0.1) is 11.8 Å². The monoisotopic (exact) mass is 234 g/mol. The largest absolute Gasteiger partial charge is 0.480 e. The van der Waals surface area contributed by atoms with Crippen molar-refractivity contribution in [1.29, 1.82) is 0 Å². The summed E-state index contributed by atoms with van der Waals surface area (Å²) in [5.41, 5.74) is 0.782. The Morgan fingerprint density at radius 3 is 2.94 bits per heavy atom. The van der Waals surface area contributed by atoms with E-state index in [1.54, 1.807) is 13.1 Å². The van der Waals surface area contributed by atoms with Gasteiger partial charge in [0.2, 0.25) is 0 Å². The Kier molecular flexibility index (Phi) is 3.05. The molecule has 16 heavy (non-hydrogen) atoms. The van der Waals surface area contributed by atoms with Crippen LogP contribution in [0.15, 0.2) is 35.4 Å². The van der Waals surface area contributed by atoms with Crippen LogP contribution in [0.25, 0.3) is 10.9 Å². The van der Waals surface area contributed by atoms with E-state index in [9.17, 15) is 4.79 Å². The summed E-state index contributed by atoms with van der Waals surface area (Å²) < 4.78 is 0. The fourth-order valence-corrected chi connectivity index (χ4v) is 2.21. The summed E-state index contributed by atoms with van der Waals surface area (Å²) in [7, 11) is 0. The van der Waals surface area contributed by atoms with Gasteiger partial charge in [-0.1, -0.05) is 18.2 Å².